The number of hydrogen-bond acceptors (Lipinski definition) is 2. The van der Waals surface area contributed by atoms with E-state index in [9.17, 15) is 10.2 Å². The summed E-state index contributed by atoms with van der Waals surface area (Å²) in [5.74, 6) is 0. The summed E-state index contributed by atoms with van der Waals surface area (Å²) in [6, 6.07) is 7.27. The van der Waals surface area contributed by atoms with E-state index in [2.05, 4.69) is 6.58 Å². The molecule has 1 aromatic carbocycles. The maximum Gasteiger partial charge on any atom is 0.105 e. The van der Waals surface area contributed by atoms with Crippen LogP contribution in [0.1, 0.15) is 31.9 Å². The Balaban J connectivity index is 3.20. The SMILES string of the molecule is C=CC(C)(O)c1cccc(C(C)(C)O)c1. The van der Waals surface area contributed by atoms with Gasteiger partial charge in [-0.1, -0.05) is 30.9 Å². The molecule has 82 valence electrons. The van der Waals surface area contributed by atoms with Crippen molar-refractivity contribution in [3.8, 4) is 0 Å². The highest BCUT2D eigenvalue weighted by molar-refractivity contribution is 5.32. The Morgan fingerprint density at radius 2 is 1.67 bits per heavy atom. The molecule has 0 saturated heterocycles. The number of benzene rings is 1. The molecular formula is C13H18O2. The Morgan fingerprint density at radius 1 is 1.13 bits per heavy atom. The van der Waals surface area contributed by atoms with E-state index in [1.54, 1.807) is 26.8 Å². The van der Waals surface area contributed by atoms with E-state index >= 15 is 0 Å². The summed E-state index contributed by atoms with van der Waals surface area (Å²) in [5, 5.41) is 19.8. The average Bonchev–Trinajstić information content (AvgIpc) is 2.17. The zero-order valence-corrected chi connectivity index (χ0v) is 9.49. The van der Waals surface area contributed by atoms with Gasteiger partial charge in [-0.25, -0.2) is 0 Å². The smallest absolute Gasteiger partial charge is 0.105 e. The fourth-order valence-electron chi connectivity index (χ4n) is 1.33. The minimum atomic E-state index is -1.05. The van der Waals surface area contributed by atoms with Crippen molar-refractivity contribution in [3.63, 3.8) is 0 Å². The van der Waals surface area contributed by atoms with E-state index in [0.717, 1.165) is 11.1 Å². The van der Waals surface area contributed by atoms with Gasteiger partial charge in [-0.05, 0) is 38.0 Å². The van der Waals surface area contributed by atoms with Crippen molar-refractivity contribution in [1.29, 1.82) is 0 Å². The Kier molecular flexibility index (Phi) is 3.03. The molecule has 0 aromatic heterocycles. The van der Waals surface area contributed by atoms with E-state index in [-0.39, 0.29) is 0 Å². The van der Waals surface area contributed by atoms with Gasteiger partial charge in [0.15, 0.2) is 0 Å². The highest BCUT2D eigenvalue weighted by atomic mass is 16.3. The molecule has 0 aliphatic heterocycles. The summed E-state index contributed by atoms with van der Waals surface area (Å²) < 4.78 is 0. The van der Waals surface area contributed by atoms with Crippen molar-refractivity contribution < 1.29 is 10.2 Å². The minimum absolute atomic E-state index is 0.733. The lowest BCUT2D eigenvalue weighted by Crippen LogP contribution is -2.20. The Labute approximate surface area is 90.9 Å². The van der Waals surface area contributed by atoms with Gasteiger partial charge in [-0.15, -0.1) is 0 Å². The summed E-state index contributed by atoms with van der Waals surface area (Å²) >= 11 is 0. The van der Waals surface area contributed by atoms with Crippen LogP contribution in [0.15, 0.2) is 36.9 Å². The topological polar surface area (TPSA) is 40.5 Å². The molecule has 1 aromatic rings. The zero-order chi connectivity index (χ0) is 11.7. The Bertz CT molecular complexity index is 359. The van der Waals surface area contributed by atoms with Crippen molar-refractivity contribution >= 4 is 0 Å². The molecule has 0 saturated carbocycles. The van der Waals surface area contributed by atoms with Crippen LogP contribution in [0.4, 0.5) is 0 Å². The van der Waals surface area contributed by atoms with Crippen molar-refractivity contribution in [2.75, 3.05) is 0 Å². The van der Waals surface area contributed by atoms with Crippen LogP contribution in [-0.2, 0) is 11.2 Å². The van der Waals surface area contributed by atoms with Crippen molar-refractivity contribution in [2.45, 2.75) is 32.0 Å². The van der Waals surface area contributed by atoms with Gasteiger partial charge in [0.25, 0.3) is 0 Å². The number of hydrogen-bond donors (Lipinski definition) is 2. The summed E-state index contributed by atoms with van der Waals surface area (Å²) in [6.45, 7) is 8.69. The van der Waals surface area contributed by atoms with Crippen molar-refractivity contribution in [2.24, 2.45) is 0 Å². The molecule has 2 N–H and O–H groups in total. The first-order valence-electron chi connectivity index (χ1n) is 4.97. The normalized spacial score (nSPS) is 15.8. The van der Waals surface area contributed by atoms with E-state index in [4.69, 9.17) is 0 Å². The molecule has 0 amide bonds. The Hall–Kier alpha value is -1.12. The zero-order valence-electron chi connectivity index (χ0n) is 9.49. The van der Waals surface area contributed by atoms with Crippen LogP contribution in [-0.4, -0.2) is 10.2 Å². The van der Waals surface area contributed by atoms with Crippen LogP contribution in [0.5, 0.6) is 0 Å². The number of rotatable bonds is 3. The van der Waals surface area contributed by atoms with Crippen LogP contribution in [0.3, 0.4) is 0 Å². The quantitative estimate of drug-likeness (QED) is 0.745. The standard InChI is InChI=1S/C13H18O2/c1-5-13(4,15)11-8-6-7-10(9-11)12(2,3)14/h5-9,14-15H,1H2,2-4H3. The molecule has 2 nitrogen and oxygen atoms in total. The highest BCUT2D eigenvalue weighted by Gasteiger charge is 2.22. The van der Waals surface area contributed by atoms with Gasteiger partial charge in [-0.3, -0.25) is 0 Å². The summed E-state index contributed by atoms with van der Waals surface area (Å²) in [5.41, 5.74) is -0.437. The second-order valence-corrected chi connectivity index (χ2v) is 4.49. The van der Waals surface area contributed by atoms with Gasteiger partial charge < -0.3 is 10.2 Å². The third-order valence-corrected chi connectivity index (χ3v) is 2.55. The third-order valence-electron chi connectivity index (χ3n) is 2.55. The van der Waals surface area contributed by atoms with Crippen LogP contribution in [0.2, 0.25) is 0 Å². The van der Waals surface area contributed by atoms with E-state index in [1.165, 1.54) is 6.08 Å². The van der Waals surface area contributed by atoms with E-state index < -0.39 is 11.2 Å². The van der Waals surface area contributed by atoms with Gasteiger partial charge in [-0.2, -0.15) is 0 Å². The predicted molar refractivity (Wildman–Crippen MR) is 61.5 cm³/mol. The fraction of sp³-hybridized carbons (Fsp3) is 0.385. The molecule has 0 fully saturated rings. The molecule has 15 heavy (non-hydrogen) atoms. The summed E-state index contributed by atoms with van der Waals surface area (Å²) in [7, 11) is 0. The molecule has 0 heterocycles. The van der Waals surface area contributed by atoms with Crippen LogP contribution in [0.25, 0.3) is 0 Å². The lowest BCUT2D eigenvalue weighted by atomic mass is 9.90. The lowest BCUT2D eigenvalue weighted by molar-refractivity contribution is 0.0772. The van der Waals surface area contributed by atoms with Gasteiger partial charge in [0.05, 0.1) is 5.60 Å². The monoisotopic (exact) mass is 206 g/mol. The van der Waals surface area contributed by atoms with Gasteiger partial charge in [0, 0.05) is 0 Å². The molecule has 2 heteroatoms. The van der Waals surface area contributed by atoms with Crippen LogP contribution >= 0.6 is 0 Å². The highest BCUT2D eigenvalue weighted by Crippen LogP contribution is 2.26. The second-order valence-electron chi connectivity index (χ2n) is 4.49. The molecule has 1 atom stereocenters. The maximum atomic E-state index is 9.99. The molecule has 0 spiro atoms. The molecular weight excluding hydrogens is 188 g/mol. The number of aliphatic hydroxyl groups is 2. The minimum Gasteiger partial charge on any atom is -0.386 e. The van der Waals surface area contributed by atoms with Gasteiger partial charge in [0.1, 0.15) is 5.60 Å². The summed E-state index contributed by atoms with van der Waals surface area (Å²) in [4.78, 5) is 0. The molecule has 1 unspecified atom stereocenters. The van der Waals surface area contributed by atoms with Crippen molar-refractivity contribution in [3.05, 3.63) is 48.0 Å². The molecule has 0 aliphatic rings. The third kappa shape index (κ3) is 2.67. The van der Waals surface area contributed by atoms with Crippen molar-refractivity contribution in [1.82, 2.24) is 0 Å². The fourth-order valence-corrected chi connectivity index (χ4v) is 1.33. The molecule has 0 bridgehead atoms. The first-order valence-corrected chi connectivity index (χ1v) is 4.97. The Morgan fingerprint density at radius 3 is 2.13 bits per heavy atom. The average molecular weight is 206 g/mol. The van der Waals surface area contributed by atoms with Gasteiger partial charge in [0.2, 0.25) is 0 Å². The first-order chi connectivity index (χ1) is 6.77. The van der Waals surface area contributed by atoms with Crippen LogP contribution in [0, 0.1) is 0 Å². The maximum absolute atomic E-state index is 9.99. The molecule has 0 aliphatic carbocycles. The first kappa shape index (κ1) is 12.0. The predicted octanol–water partition coefficient (Wildman–Crippen LogP) is 2.31. The lowest BCUT2D eigenvalue weighted by Gasteiger charge is -2.23. The largest absolute Gasteiger partial charge is 0.386 e. The van der Waals surface area contributed by atoms with E-state index in [0.29, 0.717) is 0 Å². The molecule has 1 rings (SSSR count). The van der Waals surface area contributed by atoms with Gasteiger partial charge >= 0.3 is 0 Å². The summed E-state index contributed by atoms with van der Waals surface area (Å²) in [6.07, 6.45) is 1.48. The van der Waals surface area contributed by atoms with Crippen LogP contribution < -0.4 is 0 Å². The van der Waals surface area contributed by atoms with E-state index in [1.807, 2.05) is 18.2 Å². The molecule has 0 radical (unpaired) electrons. The second kappa shape index (κ2) is 3.80.